The van der Waals surface area contributed by atoms with E-state index in [2.05, 4.69) is 21.3 Å². The lowest BCUT2D eigenvalue weighted by Gasteiger charge is -2.29. The normalized spacial score (nSPS) is 21.4. The van der Waals surface area contributed by atoms with Crippen LogP contribution in [0, 0.1) is 23.1 Å². The van der Waals surface area contributed by atoms with Gasteiger partial charge < -0.3 is 10.5 Å². The summed E-state index contributed by atoms with van der Waals surface area (Å²) in [5, 5.41) is 20.6. The average molecular weight is 431 g/mol. The number of fused-ring (bicyclic) bond motifs is 7. The van der Waals surface area contributed by atoms with Gasteiger partial charge in [-0.2, -0.15) is 15.5 Å². The topological polar surface area (TPSA) is 105 Å². The first-order chi connectivity index (χ1) is 15.5. The van der Waals surface area contributed by atoms with Gasteiger partial charge in [-0.05, 0) is 49.7 Å². The maximum Gasteiger partial charge on any atom is 0.166 e. The van der Waals surface area contributed by atoms with Gasteiger partial charge in [0.25, 0.3) is 0 Å². The summed E-state index contributed by atoms with van der Waals surface area (Å²) in [6, 6.07) is 10.2. The maximum absolute atomic E-state index is 14.2. The van der Waals surface area contributed by atoms with Crippen LogP contribution < -0.4 is 10.5 Å². The van der Waals surface area contributed by atoms with E-state index >= 15 is 0 Å². The van der Waals surface area contributed by atoms with Gasteiger partial charge in [-0.3, -0.25) is 5.01 Å². The number of hydrazone groups is 1. The predicted molar refractivity (Wildman–Crippen MR) is 117 cm³/mol. The van der Waals surface area contributed by atoms with Crippen molar-refractivity contribution in [3.8, 4) is 17.5 Å². The van der Waals surface area contributed by atoms with Crippen LogP contribution in [0.4, 0.5) is 10.2 Å². The summed E-state index contributed by atoms with van der Waals surface area (Å²) in [5.74, 6) is 0.324. The molecule has 2 N–H and O–H groups in total. The Kier molecular flexibility index (Phi) is 4.78. The van der Waals surface area contributed by atoms with Crippen LogP contribution in [0.1, 0.15) is 48.5 Å². The number of benzene rings is 1. The molecule has 32 heavy (non-hydrogen) atoms. The molecule has 0 fully saturated rings. The zero-order chi connectivity index (χ0) is 22.4. The Morgan fingerprint density at radius 1 is 1.31 bits per heavy atom. The average Bonchev–Trinajstić information content (AvgIpc) is 3.38. The lowest BCUT2D eigenvalue weighted by atomic mass is 9.91. The van der Waals surface area contributed by atoms with Crippen LogP contribution in [0.5, 0.6) is 5.75 Å². The second-order valence-electron chi connectivity index (χ2n) is 7.99. The van der Waals surface area contributed by atoms with E-state index in [0.29, 0.717) is 29.1 Å². The molecule has 0 radical (unpaired) electrons. The van der Waals surface area contributed by atoms with Crippen LogP contribution in [-0.4, -0.2) is 32.5 Å². The molecule has 2 aliphatic heterocycles. The molecule has 0 aliphatic carbocycles. The quantitative estimate of drug-likeness (QED) is 0.632. The number of pyridine rings is 1. The van der Waals surface area contributed by atoms with Gasteiger partial charge in [0, 0.05) is 42.6 Å². The van der Waals surface area contributed by atoms with Crippen molar-refractivity contribution >= 4 is 12.0 Å². The Balaban J connectivity index is 1.74. The number of anilines is 1. The number of ether oxygens (including phenoxy) is 1. The third-order valence-corrected chi connectivity index (χ3v) is 6.00. The first-order valence-electron chi connectivity index (χ1n) is 10.5. The third-order valence-electron chi connectivity index (χ3n) is 6.00. The highest BCUT2D eigenvalue weighted by molar-refractivity contribution is 5.65. The SMILES string of the molecule is CCN1N=CC2Cc3cc(C#N)nn3-c3ccc(F)cc3C(C)Oc3cc(cnc3N)C21. The molecule has 3 aromatic rings. The molecule has 0 spiro atoms. The molecule has 2 aliphatic rings. The molecular formula is C23H22FN7O. The number of halogens is 1. The van der Waals surface area contributed by atoms with Gasteiger partial charge in [0.15, 0.2) is 17.3 Å². The minimum absolute atomic E-state index is 0.0102. The molecular weight excluding hydrogens is 409 g/mol. The predicted octanol–water partition coefficient (Wildman–Crippen LogP) is 3.53. The highest BCUT2D eigenvalue weighted by Crippen LogP contribution is 2.39. The minimum atomic E-state index is -0.542. The van der Waals surface area contributed by atoms with Crippen LogP contribution in [0.25, 0.3) is 5.69 Å². The molecule has 2 aromatic heterocycles. The number of rotatable bonds is 1. The standard InChI is InChI=1S/C23H22FN7O/c1-3-30-22-14(12-28-30)6-18-9-17(10-25)29-31(18)20-5-4-16(24)8-19(20)13(2)32-21-7-15(22)11-27-23(21)26/h4-5,7-9,11-14,22H,3,6H2,1-2H3,(H2,26,27). The molecule has 0 saturated heterocycles. The van der Waals surface area contributed by atoms with Gasteiger partial charge >= 0.3 is 0 Å². The third kappa shape index (κ3) is 3.24. The summed E-state index contributed by atoms with van der Waals surface area (Å²) in [6.45, 7) is 4.59. The lowest BCUT2D eigenvalue weighted by molar-refractivity contribution is 0.206. The van der Waals surface area contributed by atoms with E-state index in [-0.39, 0.29) is 23.6 Å². The van der Waals surface area contributed by atoms with E-state index < -0.39 is 6.10 Å². The summed E-state index contributed by atoms with van der Waals surface area (Å²) in [7, 11) is 0. The van der Waals surface area contributed by atoms with Gasteiger partial charge in [0.2, 0.25) is 0 Å². The zero-order valence-electron chi connectivity index (χ0n) is 17.7. The number of hydrogen-bond donors (Lipinski definition) is 1. The number of nitrogens with zero attached hydrogens (tertiary/aromatic N) is 6. The smallest absolute Gasteiger partial charge is 0.166 e. The van der Waals surface area contributed by atoms with E-state index in [0.717, 1.165) is 17.8 Å². The number of hydrogen-bond acceptors (Lipinski definition) is 7. The summed E-state index contributed by atoms with van der Waals surface area (Å²) in [5.41, 5.74) is 9.43. The summed E-state index contributed by atoms with van der Waals surface area (Å²) >= 11 is 0. The summed E-state index contributed by atoms with van der Waals surface area (Å²) < 4.78 is 22.1. The zero-order valence-corrected chi connectivity index (χ0v) is 17.7. The van der Waals surface area contributed by atoms with E-state index in [1.165, 1.54) is 12.1 Å². The fourth-order valence-corrected chi connectivity index (χ4v) is 4.50. The number of nitrogens with two attached hydrogens (primary N) is 1. The minimum Gasteiger partial charge on any atom is -0.482 e. The van der Waals surface area contributed by atoms with Crippen LogP contribution in [0.2, 0.25) is 0 Å². The molecule has 5 rings (SSSR count). The molecule has 3 atom stereocenters. The van der Waals surface area contributed by atoms with E-state index in [1.807, 2.05) is 31.1 Å². The first-order valence-corrected chi connectivity index (χ1v) is 10.5. The Morgan fingerprint density at radius 3 is 2.94 bits per heavy atom. The molecule has 3 unspecified atom stereocenters. The largest absolute Gasteiger partial charge is 0.482 e. The van der Waals surface area contributed by atoms with Crippen LogP contribution in [-0.2, 0) is 6.42 Å². The molecule has 9 heteroatoms. The molecule has 162 valence electrons. The first kappa shape index (κ1) is 20.0. The van der Waals surface area contributed by atoms with Gasteiger partial charge in [0.05, 0.1) is 11.7 Å². The number of nitriles is 1. The second kappa shape index (κ2) is 7.64. The van der Waals surface area contributed by atoms with Crippen LogP contribution in [0.3, 0.4) is 0 Å². The Morgan fingerprint density at radius 2 is 2.16 bits per heavy atom. The van der Waals surface area contributed by atoms with Crippen molar-refractivity contribution in [1.82, 2.24) is 19.8 Å². The van der Waals surface area contributed by atoms with Gasteiger partial charge in [-0.15, -0.1) is 0 Å². The highest BCUT2D eigenvalue weighted by atomic mass is 19.1. The van der Waals surface area contributed by atoms with Crippen molar-refractivity contribution in [2.75, 3.05) is 12.3 Å². The molecule has 8 nitrogen and oxygen atoms in total. The second-order valence-corrected chi connectivity index (χ2v) is 7.99. The Hall–Kier alpha value is -3.93. The Labute approximate surface area is 184 Å². The van der Waals surface area contributed by atoms with E-state index in [1.54, 1.807) is 23.0 Å². The van der Waals surface area contributed by atoms with E-state index in [4.69, 9.17) is 10.5 Å². The van der Waals surface area contributed by atoms with Gasteiger partial charge in [0.1, 0.15) is 18.0 Å². The molecule has 1 aromatic carbocycles. The van der Waals surface area contributed by atoms with Crippen molar-refractivity contribution in [3.05, 3.63) is 64.9 Å². The Bertz CT molecular complexity index is 1260. The number of aromatic nitrogens is 3. The monoisotopic (exact) mass is 431 g/mol. The molecule has 0 amide bonds. The lowest BCUT2D eigenvalue weighted by Crippen LogP contribution is -2.27. The fraction of sp³-hybridized carbons (Fsp3) is 0.304. The van der Waals surface area contributed by atoms with Crippen molar-refractivity contribution in [3.63, 3.8) is 0 Å². The fourth-order valence-electron chi connectivity index (χ4n) is 4.50. The summed E-state index contributed by atoms with van der Waals surface area (Å²) in [6.07, 6.45) is 3.72. The van der Waals surface area contributed by atoms with Crippen LogP contribution >= 0.6 is 0 Å². The van der Waals surface area contributed by atoms with Gasteiger partial charge in [-0.1, -0.05) is 0 Å². The summed E-state index contributed by atoms with van der Waals surface area (Å²) in [4.78, 5) is 4.36. The van der Waals surface area contributed by atoms with Crippen LogP contribution in [0.15, 0.2) is 41.6 Å². The van der Waals surface area contributed by atoms with Crippen molar-refractivity contribution < 1.29 is 9.13 Å². The number of nitrogen functional groups attached to an aromatic ring is 1. The highest BCUT2D eigenvalue weighted by Gasteiger charge is 2.34. The molecule has 2 bridgehead atoms. The molecule has 4 heterocycles. The van der Waals surface area contributed by atoms with Crippen molar-refractivity contribution in [1.29, 1.82) is 5.26 Å². The van der Waals surface area contributed by atoms with E-state index in [9.17, 15) is 9.65 Å². The maximum atomic E-state index is 14.2. The molecule has 0 saturated carbocycles. The van der Waals surface area contributed by atoms with Gasteiger partial charge in [-0.25, -0.2) is 14.1 Å². The van der Waals surface area contributed by atoms with Crippen molar-refractivity contribution in [2.45, 2.75) is 32.4 Å². The van der Waals surface area contributed by atoms with Crippen molar-refractivity contribution in [2.24, 2.45) is 11.0 Å².